The number of rotatable bonds is 7. The summed E-state index contributed by atoms with van der Waals surface area (Å²) in [6.07, 6.45) is 2.59. The second kappa shape index (κ2) is 7.10. The predicted octanol–water partition coefficient (Wildman–Crippen LogP) is 3.81. The molecule has 3 atom stereocenters. The first-order valence-corrected chi connectivity index (χ1v) is 10.1. The quantitative estimate of drug-likeness (QED) is 0.559. The maximum atomic E-state index is 13.0. The predicted molar refractivity (Wildman–Crippen MR) is 98.1 cm³/mol. The van der Waals surface area contributed by atoms with Crippen LogP contribution in [0.15, 0.2) is 59.5 Å². The Labute approximate surface area is 149 Å². The molecule has 4 nitrogen and oxygen atoms in total. The third-order valence-electron chi connectivity index (χ3n) is 4.65. The molecule has 0 N–H and O–H groups in total. The Kier molecular flexibility index (Phi) is 5.06. The number of hydrogen-bond acceptors (Lipinski definition) is 3. The summed E-state index contributed by atoms with van der Waals surface area (Å²) in [5.74, 6) is -0.114. The van der Waals surface area contributed by atoms with E-state index in [0.29, 0.717) is 12.0 Å². The number of benzene rings is 2. The smallest absolute Gasteiger partial charge is 0.244 e. The van der Waals surface area contributed by atoms with E-state index >= 15 is 0 Å². The molecule has 2 aromatic carbocycles. The molecule has 1 fully saturated rings. The number of aryl methyl sites for hydroxylation is 1. The highest BCUT2D eigenvalue weighted by atomic mass is 32.2. The van der Waals surface area contributed by atoms with E-state index in [1.165, 1.54) is 4.31 Å². The largest absolute Gasteiger partial charge is 0.292 e. The van der Waals surface area contributed by atoms with Crippen molar-refractivity contribution in [2.24, 2.45) is 0 Å². The van der Waals surface area contributed by atoms with Crippen LogP contribution in [0.1, 0.15) is 42.1 Å². The second-order valence-corrected chi connectivity index (χ2v) is 8.38. The van der Waals surface area contributed by atoms with E-state index in [0.717, 1.165) is 18.4 Å². The normalized spacial score (nSPS) is 22.6. The SMILES string of the molecule is CCCC[C@@H]1[C@@H](C(=O)c2ccccc2)N1S(=O)(=O)c1ccc(C)cc1. The minimum atomic E-state index is -3.65. The molecule has 1 saturated heterocycles. The van der Waals surface area contributed by atoms with Crippen molar-refractivity contribution in [1.82, 2.24) is 4.31 Å². The van der Waals surface area contributed by atoms with Gasteiger partial charge < -0.3 is 0 Å². The summed E-state index contributed by atoms with van der Waals surface area (Å²) in [6, 6.07) is 14.9. The number of unbranched alkanes of at least 4 members (excludes halogenated alkanes) is 1. The number of carbonyl (C=O) groups is 1. The fourth-order valence-corrected chi connectivity index (χ4v) is 4.96. The molecule has 0 aliphatic carbocycles. The first-order chi connectivity index (χ1) is 12.0. The molecule has 132 valence electrons. The molecule has 1 heterocycles. The molecule has 0 saturated carbocycles. The molecule has 0 radical (unpaired) electrons. The highest BCUT2D eigenvalue weighted by molar-refractivity contribution is 7.89. The number of hydrogen-bond donors (Lipinski definition) is 0. The Morgan fingerprint density at radius 3 is 2.28 bits per heavy atom. The average Bonchev–Trinajstić information content (AvgIpc) is 3.35. The van der Waals surface area contributed by atoms with E-state index in [2.05, 4.69) is 6.92 Å². The first kappa shape index (κ1) is 17.8. The van der Waals surface area contributed by atoms with E-state index in [4.69, 9.17) is 0 Å². The zero-order chi connectivity index (χ0) is 18.0. The lowest BCUT2D eigenvalue weighted by atomic mass is 10.0. The van der Waals surface area contributed by atoms with Gasteiger partial charge in [-0.15, -0.1) is 0 Å². The monoisotopic (exact) mass is 357 g/mol. The van der Waals surface area contributed by atoms with Gasteiger partial charge in [-0.1, -0.05) is 67.8 Å². The molecule has 5 heteroatoms. The summed E-state index contributed by atoms with van der Waals surface area (Å²) >= 11 is 0. The van der Waals surface area contributed by atoms with Crippen molar-refractivity contribution in [1.29, 1.82) is 0 Å². The summed E-state index contributed by atoms with van der Waals surface area (Å²) in [5.41, 5.74) is 1.57. The molecule has 0 bridgehead atoms. The van der Waals surface area contributed by atoms with Gasteiger partial charge in [0.1, 0.15) is 6.04 Å². The van der Waals surface area contributed by atoms with Crippen LogP contribution >= 0.6 is 0 Å². The topological polar surface area (TPSA) is 54.2 Å². The third kappa shape index (κ3) is 3.53. The highest BCUT2D eigenvalue weighted by Gasteiger charge is 2.58. The van der Waals surface area contributed by atoms with Gasteiger partial charge >= 0.3 is 0 Å². The number of nitrogens with zero attached hydrogens (tertiary/aromatic N) is 1. The van der Waals surface area contributed by atoms with Gasteiger partial charge in [0.15, 0.2) is 5.78 Å². The summed E-state index contributed by atoms with van der Waals surface area (Å²) in [7, 11) is -3.65. The number of ketones is 1. The molecule has 1 aliphatic rings. The zero-order valence-corrected chi connectivity index (χ0v) is 15.4. The van der Waals surface area contributed by atoms with Crippen LogP contribution in [0.5, 0.6) is 0 Å². The minimum absolute atomic E-state index is 0.114. The fourth-order valence-electron chi connectivity index (χ4n) is 3.18. The van der Waals surface area contributed by atoms with Gasteiger partial charge in [-0.2, -0.15) is 4.31 Å². The van der Waals surface area contributed by atoms with E-state index in [-0.39, 0.29) is 16.7 Å². The van der Waals surface area contributed by atoms with Crippen LogP contribution < -0.4 is 0 Å². The van der Waals surface area contributed by atoms with Gasteiger partial charge in [0.25, 0.3) is 0 Å². The van der Waals surface area contributed by atoms with E-state index in [1.54, 1.807) is 48.5 Å². The fraction of sp³-hybridized carbons (Fsp3) is 0.350. The van der Waals surface area contributed by atoms with Gasteiger partial charge in [-0.25, -0.2) is 8.42 Å². The highest BCUT2D eigenvalue weighted by Crippen LogP contribution is 2.40. The molecule has 0 amide bonds. The molecule has 2 aromatic rings. The van der Waals surface area contributed by atoms with Gasteiger partial charge in [-0.05, 0) is 25.5 Å². The van der Waals surface area contributed by atoms with Gasteiger partial charge in [-0.3, -0.25) is 4.79 Å². The van der Waals surface area contributed by atoms with Crippen molar-refractivity contribution >= 4 is 15.8 Å². The van der Waals surface area contributed by atoms with Crippen LogP contribution in [0.2, 0.25) is 0 Å². The zero-order valence-electron chi connectivity index (χ0n) is 14.6. The van der Waals surface area contributed by atoms with Gasteiger partial charge in [0, 0.05) is 5.56 Å². The Bertz CT molecular complexity index is 844. The molecule has 0 aromatic heterocycles. The van der Waals surface area contributed by atoms with Crippen LogP contribution in [0, 0.1) is 6.92 Å². The third-order valence-corrected chi connectivity index (χ3v) is 6.57. The average molecular weight is 357 g/mol. The minimum Gasteiger partial charge on any atom is -0.292 e. The van der Waals surface area contributed by atoms with Crippen LogP contribution in [0.3, 0.4) is 0 Å². The molecule has 25 heavy (non-hydrogen) atoms. The van der Waals surface area contributed by atoms with Crippen molar-refractivity contribution in [2.75, 3.05) is 0 Å². The molecule has 0 spiro atoms. The van der Waals surface area contributed by atoms with Gasteiger partial charge in [0.05, 0.1) is 10.9 Å². The van der Waals surface area contributed by atoms with Crippen molar-refractivity contribution in [3.05, 3.63) is 65.7 Å². The van der Waals surface area contributed by atoms with Crippen LogP contribution in [-0.4, -0.2) is 30.6 Å². The Morgan fingerprint density at radius 1 is 1.04 bits per heavy atom. The molecule has 1 aliphatic heterocycles. The van der Waals surface area contributed by atoms with Crippen molar-refractivity contribution in [3.63, 3.8) is 0 Å². The van der Waals surface area contributed by atoms with Crippen LogP contribution in [-0.2, 0) is 10.0 Å². The first-order valence-electron chi connectivity index (χ1n) is 8.66. The number of Topliss-reactive ketones (excluding diaryl/α,β-unsaturated/α-hetero) is 1. The lowest BCUT2D eigenvalue weighted by molar-refractivity contribution is 0.0981. The summed E-state index contributed by atoms with van der Waals surface area (Å²) in [5, 5.41) is 0. The van der Waals surface area contributed by atoms with Crippen molar-refractivity contribution in [2.45, 2.75) is 50.1 Å². The van der Waals surface area contributed by atoms with Crippen LogP contribution in [0.25, 0.3) is 0 Å². The number of carbonyl (C=O) groups excluding carboxylic acids is 1. The standard InChI is InChI=1S/C20H23NO3S/c1-3-4-10-18-19(20(22)16-8-6-5-7-9-16)21(18)25(23,24)17-13-11-15(2)12-14-17/h5-9,11-14,18-19H,3-4,10H2,1-2H3/t18-,19+,21?/m1/s1. The molecule has 1 unspecified atom stereocenters. The summed E-state index contributed by atoms with van der Waals surface area (Å²) < 4.78 is 27.4. The molecular weight excluding hydrogens is 334 g/mol. The van der Waals surface area contributed by atoms with E-state index in [9.17, 15) is 13.2 Å². The molecular formula is C20H23NO3S. The Morgan fingerprint density at radius 2 is 1.68 bits per heavy atom. The summed E-state index contributed by atoms with van der Waals surface area (Å²) in [4.78, 5) is 13.1. The van der Waals surface area contributed by atoms with Crippen molar-refractivity contribution < 1.29 is 13.2 Å². The van der Waals surface area contributed by atoms with Crippen LogP contribution in [0.4, 0.5) is 0 Å². The Hall–Kier alpha value is -1.98. The Balaban J connectivity index is 1.90. The lowest BCUT2D eigenvalue weighted by Crippen LogP contribution is -2.19. The lowest BCUT2D eigenvalue weighted by Gasteiger charge is -2.07. The second-order valence-electron chi connectivity index (χ2n) is 6.53. The van der Waals surface area contributed by atoms with E-state index in [1.807, 2.05) is 13.0 Å². The maximum absolute atomic E-state index is 13.0. The van der Waals surface area contributed by atoms with Crippen molar-refractivity contribution in [3.8, 4) is 0 Å². The molecule has 3 rings (SSSR count). The maximum Gasteiger partial charge on any atom is 0.244 e. The number of sulfonamides is 1. The van der Waals surface area contributed by atoms with E-state index < -0.39 is 16.1 Å². The van der Waals surface area contributed by atoms with Gasteiger partial charge in [0.2, 0.25) is 10.0 Å². The summed E-state index contributed by atoms with van der Waals surface area (Å²) in [6.45, 7) is 3.98.